The second-order valence-electron chi connectivity index (χ2n) is 6.11. The number of amides is 1. The minimum absolute atomic E-state index is 0.174. The van der Waals surface area contributed by atoms with Crippen molar-refractivity contribution in [3.8, 4) is 0 Å². The van der Waals surface area contributed by atoms with E-state index < -0.39 is 0 Å². The monoisotopic (exact) mass is 270 g/mol. The lowest BCUT2D eigenvalue weighted by Gasteiger charge is -2.37. The van der Waals surface area contributed by atoms with Crippen molar-refractivity contribution in [3.05, 3.63) is 35.4 Å². The summed E-state index contributed by atoms with van der Waals surface area (Å²) in [6.45, 7) is 6.30. The lowest BCUT2D eigenvalue weighted by Crippen LogP contribution is -2.51. The molecule has 0 aliphatic carbocycles. The van der Waals surface area contributed by atoms with Gasteiger partial charge < -0.3 is 10.2 Å². The molecule has 0 radical (unpaired) electrons. The Morgan fingerprint density at radius 3 is 2.90 bits per heavy atom. The highest BCUT2D eigenvalue weighted by molar-refractivity contribution is 6.03. The van der Waals surface area contributed by atoms with Crippen LogP contribution in [0.2, 0.25) is 0 Å². The highest BCUT2D eigenvalue weighted by Gasteiger charge is 2.34. The normalized spacial score (nSPS) is 24.8. The summed E-state index contributed by atoms with van der Waals surface area (Å²) in [4.78, 5) is 14.9. The zero-order chi connectivity index (χ0) is 14.3. The van der Waals surface area contributed by atoms with Crippen LogP contribution in [0.1, 0.15) is 38.3 Å². The van der Waals surface area contributed by atoms with Gasteiger partial charge in [-0.05, 0) is 44.7 Å². The first kappa shape index (κ1) is 13.4. The quantitative estimate of drug-likeness (QED) is 0.896. The molecule has 0 bridgehead atoms. The summed E-state index contributed by atoms with van der Waals surface area (Å²) in [5, 5.41) is 3.36. The molecule has 20 heavy (non-hydrogen) atoms. The predicted molar refractivity (Wildman–Crippen MR) is 82.8 cm³/mol. The van der Waals surface area contributed by atoms with Crippen LogP contribution < -0.4 is 10.2 Å². The third-order valence-electron chi connectivity index (χ3n) is 4.15. The van der Waals surface area contributed by atoms with Crippen LogP contribution in [0.15, 0.2) is 24.3 Å². The van der Waals surface area contributed by atoms with Gasteiger partial charge in [-0.1, -0.05) is 30.4 Å². The number of anilines is 1. The van der Waals surface area contributed by atoms with Crippen molar-refractivity contribution < 1.29 is 4.79 Å². The Hall–Kier alpha value is -1.61. The average molecular weight is 270 g/mol. The molecule has 106 valence electrons. The number of hydrogen-bond acceptors (Lipinski definition) is 2. The van der Waals surface area contributed by atoms with Gasteiger partial charge in [-0.25, -0.2) is 0 Å². The second kappa shape index (κ2) is 5.06. The van der Waals surface area contributed by atoms with E-state index in [1.165, 1.54) is 5.56 Å². The van der Waals surface area contributed by atoms with Gasteiger partial charge in [0, 0.05) is 12.1 Å². The van der Waals surface area contributed by atoms with Crippen LogP contribution in [0.25, 0.3) is 6.08 Å². The topological polar surface area (TPSA) is 32.3 Å². The molecule has 1 N–H and O–H groups in total. The summed E-state index contributed by atoms with van der Waals surface area (Å²) >= 11 is 0. The van der Waals surface area contributed by atoms with Crippen molar-refractivity contribution in [2.75, 3.05) is 4.90 Å². The van der Waals surface area contributed by atoms with Gasteiger partial charge in [0.2, 0.25) is 5.91 Å². The van der Waals surface area contributed by atoms with E-state index in [4.69, 9.17) is 0 Å². The number of nitrogens with zero attached hydrogens (tertiary/aromatic N) is 1. The Morgan fingerprint density at radius 1 is 1.35 bits per heavy atom. The fourth-order valence-corrected chi connectivity index (χ4v) is 3.20. The molecule has 0 spiro atoms. The smallest absolute Gasteiger partial charge is 0.248 e. The first-order valence-electron chi connectivity index (χ1n) is 7.47. The molecule has 2 aliphatic heterocycles. The second-order valence-corrected chi connectivity index (χ2v) is 6.11. The Kier molecular flexibility index (Phi) is 3.38. The third kappa shape index (κ3) is 2.16. The maximum Gasteiger partial charge on any atom is 0.248 e. The molecular weight excluding hydrogens is 248 g/mol. The Balaban J connectivity index is 2.08. The first-order valence-corrected chi connectivity index (χ1v) is 7.47. The zero-order valence-electron chi connectivity index (χ0n) is 12.4. The van der Waals surface area contributed by atoms with Gasteiger partial charge in [0.25, 0.3) is 0 Å². The zero-order valence-corrected chi connectivity index (χ0v) is 12.4. The molecule has 0 aromatic heterocycles. The Labute approximate surface area is 120 Å². The molecule has 1 aromatic carbocycles. The molecule has 1 aromatic rings. The minimum Gasteiger partial charge on any atom is -0.307 e. The van der Waals surface area contributed by atoms with Crippen molar-refractivity contribution in [3.63, 3.8) is 0 Å². The maximum atomic E-state index is 12.9. The van der Waals surface area contributed by atoms with E-state index in [1.807, 2.05) is 11.0 Å². The fourth-order valence-electron chi connectivity index (χ4n) is 3.20. The lowest BCUT2D eigenvalue weighted by molar-refractivity contribution is -0.120. The van der Waals surface area contributed by atoms with Crippen molar-refractivity contribution >= 4 is 17.7 Å². The molecule has 0 fully saturated rings. The number of carbonyl (C=O) groups is 1. The summed E-state index contributed by atoms with van der Waals surface area (Å²) in [6, 6.07) is 6.67. The van der Waals surface area contributed by atoms with Crippen LogP contribution in [0.5, 0.6) is 0 Å². The van der Waals surface area contributed by atoms with Crippen LogP contribution in [-0.2, 0) is 11.2 Å². The standard InChI is InChI=1S/C17H22N2O/c1-11(2)18-15-10-9-14-6-4-5-13-8-7-12(3)19(16(13)14)17(15)20/h4-6,9-12,15,18H,7-8H2,1-3H3/t12-,15+/m1/s1. The number of para-hydroxylation sites is 1. The number of benzene rings is 1. The van der Waals surface area contributed by atoms with Crippen LogP contribution >= 0.6 is 0 Å². The SMILES string of the molecule is CC(C)N[C@H]1C=Cc2cccc3c2N(C1=O)[C@H](C)CC3. The van der Waals surface area contributed by atoms with E-state index in [0.29, 0.717) is 0 Å². The van der Waals surface area contributed by atoms with E-state index in [-0.39, 0.29) is 24.0 Å². The van der Waals surface area contributed by atoms with E-state index in [2.05, 4.69) is 50.4 Å². The molecule has 0 saturated heterocycles. The number of nitrogens with one attached hydrogen (secondary N) is 1. The van der Waals surface area contributed by atoms with E-state index in [1.54, 1.807) is 0 Å². The first-order chi connectivity index (χ1) is 9.58. The van der Waals surface area contributed by atoms with Crippen LogP contribution in [0, 0.1) is 0 Å². The average Bonchev–Trinajstić information content (AvgIpc) is 2.54. The summed E-state index contributed by atoms with van der Waals surface area (Å²) in [6.07, 6.45) is 6.19. The molecule has 3 rings (SSSR count). The van der Waals surface area contributed by atoms with Crippen molar-refractivity contribution in [2.24, 2.45) is 0 Å². The van der Waals surface area contributed by atoms with Gasteiger partial charge in [0.05, 0.1) is 5.69 Å². The molecule has 3 nitrogen and oxygen atoms in total. The van der Waals surface area contributed by atoms with E-state index >= 15 is 0 Å². The van der Waals surface area contributed by atoms with Gasteiger partial charge in [-0.2, -0.15) is 0 Å². The lowest BCUT2D eigenvalue weighted by atomic mass is 9.94. The molecule has 2 heterocycles. The summed E-state index contributed by atoms with van der Waals surface area (Å²) in [7, 11) is 0. The summed E-state index contributed by atoms with van der Waals surface area (Å²) < 4.78 is 0. The van der Waals surface area contributed by atoms with Gasteiger partial charge in [0.1, 0.15) is 6.04 Å². The van der Waals surface area contributed by atoms with Gasteiger partial charge >= 0.3 is 0 Å². The third-order valence-corrected chi connectivity index (χ3v) is 4.15. The largest absolute Gasteiger partial charge is 0.307 e. The van der Waals surface area contributed by atoms with Crippen LogP contribution in [-0.4, -0.2) is 24.0 Å². The highest BCUT2D eigenvalue weighted by atomic mass is 16.2. The van der Waals surface area contributed by atoms with Crippen LogP contribution in [0.3, 0.4) is 0 Å². The molecule has 2 atom stereocenters. The van der Waals surface area contributed by atoms with Crippen molar-refractivity contribution in [2.45, 2.75) is 51.7 Å². The number of rotatable bonds is 2. The molecule has 1 amide bonds. The van der Waals surface area contributed by atoms with Crippen molar-refractivity contribution in [1.29, 1.82) is 0 Å². The number of hydrogen-bond donors (Lipinski definition) is 1. The molecular formula is C17H22N2O. The number of aryl methyl sites for hydroxylation is 1. The van der Waals surface area contributed by atoms with Gasteiger partial charge in [-0.15, -0.1) is 0 Å². The minimum atomic E-state index is -0.226. The van der Waals surface area contributed by atoms with Gasteiger partial charge in [0.15, 0.2) is 0 Å². The van der Waals surface area contributed by atoms with Gasteiger partial charge in [-0.3, -0.25) is 4.79 Å². The highest BCUT2D eigenvalue weighted by Crippen LogP contribution is 2.36. The van der Waals surface area contributed by atoms with Crippen molar-refractivity contribution in [1.82, 2.24) is 5.32 Å². The maximum absolute atomic E-state index is 12.9. The molecule has 3 heteroatoms. The summed E-state index contributed by atoms with van der Waals surface area (Å²) in [5.41, 5.74) is 3.58. The van der Waals surface area contributed by atoms with E-state index in [0.717, 1.165) is 24.1 Å². The Bertz CT molecular complexity index is 562. The molecule has 0 unspecified atom stereocenters. The summed E-state index contributed by atoms with van der Waals surface area (Å²) in [5.74, 6) is 0.174. The Morgan fingerprint density at radius 2 is 2.15 bits per heavy atom. The van der Waals surface area contributed by atoms with E-state index in [9.17, 15) is 4.79 Å². The number of carbonyl (C=O) groups excluding carboxylic acids is 1. The molecule has 0 saturated carbocycles. The van der Waals surface area contributed by atoms with Crippen LogP contribution in [0.4, 0.5) is 5.69 Å². The fraction of sp³-hybridized carbons (Fsp3) is 0.471. The predicted octanol–water partition coefficient (Wildman–Crippen LogP) is 2.75. The molecule has 2 aliphatic rings.